The average molecular weight is 433 g/mol. The SMILES string of the molecule is CCN(Cc1cccc(F)c1)C(=O)C1(c2ccccc2)CCN(S(=O)(=O)CC)CC1. The Balaban J connectivity index is 1.92. The number of halogens is 1. The molecule has 0 spiro atoms. The van der Waals surface area contributed by atoms with Crippen molar-refractivity contribution in [1.29, 1.82) is 0 Å². The van der Waals surface area contributed by atoms with Crippen molar-refractivity contribution in [3.63, 3.8) is 0 Å². The maximum atomic E-state index is 13.8. The van der Waals surface area contributed by atoms with E-state index in [-0.39, 0.29) is 17.5 Å². The first-order chi connectivity index (χ1) is 14.3. The highest BCUT2D eigenvalue weighted by molar-refractivity contribution is 7.89. The highest BCUT2D eigenvalue weighted by Gasteiger charge is 2.46. The molecule has 1 aliphatic heterocycles. The quantitative estimate of drug-likeness (QED) is 0.672. The second kappa shape index (κ2) is 9.27. The van der Waals surface area contributed by atoms with Crippen LogP contribution in [0.5, 0.6) is 0 Å². The van der Waals surface area contributed by atoms with Gasteiger partial charge in [0.15, 0.2) is 0 Å². The zero-order chi connectivity index (χ0) is 21.8. The molecule has 1 fully saturated rings. The molecule has 2 aromatic rings. The molecule has 0 saturated carbocycles. The maximum Gasteiger partial charge on any atom is 0.233 e. The fraction of sp³-hybridized carbons (Fsp3) is 0.435. The molecule has 0 aromatic heterocycles. The Labute approximate surface area is 178 Å². The third-order valence-corrected chi connectivity index (χ3v) is 7.88. The first-order valence-electron chi connectivity index (χ1n) is 10.4. The molecule has 0 atom stereocenters. The van der Waals surface area contributed by atoms with Crippen LogP contribution in [0.2, 0.25) is 0 Å². The molecule has 30 heavy (non-hydrogen) atoms. The highest BCUT2D eigenvalue weighted by atomic mass is 32.2. The molecule has 1 amide bonds. The lowest BCUT2D eigenvalue weighted by atomic mass is 9.72. The molecule has 3 rings (SSSR count). The van der Waals surface area contributed by atoms with Gasteiger partial charge < -0.3 is 4.90 Å². The van der Waals surface area contributed by atoms with Crippen molar-refractivity contribution in [2.45, 2.75) is 38.6 Å². The van der Waals surface area contributed by atoms with Crippen LogP contribution in [-0.4, -0.2) is 48.9 Å². The number of carbonyl (C=O) groups excluding carboxylic acids is 1. The molecule has 0 N–H and O–H groups in total. The van der Waals surface area contributed by atoms with Gasteiger partial charge in [-0.1, -0.05) is 42.5 Å². The summed E-state index contributed by atoms with van der Waals surface area (Å²) in [5.74, 6) is -0.305. The summed E-state index contributed by atoms with van der Waals surface area (Å²) in [5, 5.41) is 0. The summed E-state index contributed by atoms with van der Waals surface area (Å²) in [5.41, 5.74) is 0.852. The van der Waals surface area contributed by atoms with Crippen molar-refractivity contribution in [2.24, 2.45) is 0 Å². The van der Waals surface area contributed by atoms with Crippen LogP contribution in [0, 0.1) is 5.82 Å². The Hall–Kier alpha value is -2.25. The minimum Gasteiger partial charge on any atom is -0.338 e. The zero-order valence-electron chi connectivity index (χ0n) is 17.6. The number of rotatable bonds is 7. The first kappa shape index (κ1) is 22.4. The van der Waals surface area contributed by atoms with Gasteiger partial charge >= 0.3 is 0 Å². The second-order valence-corrected chi connectivity index (χ2v) is 9.95. The Bertz CT molecular complexity index is 971. The molecule has 0 unspecified atom stereocenters. The molecule has 1 heterocycles. The topological polar surface area (TPSA) is 57.7 Å². The monoisotopic (exact) mass is 432 g/mol. The largest absolute Gasteiger partial charge is 0.338 e. The van der Waals surface area contributed by atoms with Gasteiger partial charge in [0.05, 0.1) is 11.2 Å². The van der Waals surface area contributed by atoms with Crippen LogP contribution in [0.3, 0.4) is 0 Å². The summed E-state index contributed by atoms with van der Waals surface area (Å²) in [6.45, 7) is 4.98. The van der Waals surface area contributed by atoms with Crippen LogP contribution < -0.4 is 0 Å². The van der Waals surface area contributed by atoms with Crippen molar-refractivity contribution in [3.05, 3.63) is 71.5 Å². The van der Waals surface area contributed by atoms with Gasteiger partial charge in [-0.05, 0) is 49.9 Å². The minimum atomic E-state index is -3.29. The number of piperidine rings is 1. The maximum absolute atomic E-state index is 13.8. The molecule has 0 radical (unpaired) electrons. The molecular weight excluding hydrogens is 403 g/mol. The normalized spacial score (nSPS) is 16.9. The molecule has 0 aliphatic carbocycles. The van der Waals surface area contributed by atoms with Gasteiger partial charge in [0.25, 0.3) is 0 Å². The summed E-state index contributed by atoms with van der Waals surface area (Å²) >= 11 is 0. The summed E-state index contributed by atoms with van der Waals surface area (Å²) in [6, 6.07) is 15.9. The summed E-state index contributed by atoms with van der Waals surface area (Å²) in [4.78, 5) is 15.6. The number of carbonyl (C=O) groups is 1. The summed E-state index contributed by atoms with van der Waals surface area (Å²) < 4.78 is 39.8. The van der Waals surface area contributed by atoms with Crippen LogP contribution in [0.4, 0.5) is 4.39 Å². The van der Waals surface area contributed by atoms with Gasteiger partial charge in [0, 0.05) is 26.2 Å². The van der Waals surface area contributed by atoms with Gasteiger partial charge in [-0.3, -0.25) is 4.79 Å². The summed E-state index contributed by atoms with van der Waals surface area (Å²) in [7, 11) is -3.29. The van der Waals surface area contributed by atoms with E-state index in [1.807, 2.05) is 43.3 Å². The number of likely N-dealkylation sites (N-methyl/N-ethyl adjacent to an activating group) is 1. The van der Waals surface area contributed by atoms with Crippen molar-refractivity contribution >= 4 is 15.9 Å². The van der Waals surface area contributed by atoms with Crippen molar-refractivity contribution in [1.82, 2.24) is 9.21 Å². The molecule has 2 aromatic carbocycles. The van der Waals surface area contributed by atoms with E-state index in [4.69, 9.17) is 0 Å². The lowest BCUT2D eigenvalue weighted by Crippen LogP contribution is -2.53. The smallest absolute Gasteiger partial charge is 0.233 e. The first-order valence-corrected chi connectivity index (χ1v) is 12.0. The molecular formula is C23H29FN2O3S. The van der Waals surface area contributed by atoms with E-state index in [9.17, 15) is 17.6 Å². The average Bonchev–Trinajstić information content (AvgIpc) is 2.77. The Morgan fingerprint density at radius 3 is 2.30 bits per heavy atom. The van der Waals surface area contributed by atoms with Gasteiger partial charge in [-0.2, -0.15) is 0 Å². The molecule has 7 heteroatoms. The minimum absolute atomic E-state index is 0.0333. The lowest BCUT2D eigenvalue weighted by molar-refractivity contribution is -0.139. The number of sulfonamides is 1. The van der Waals surface area contributed by atoms with Crippen LogP contribution in [0.25, 0.3) is 0 Å². The van der Waals surface area contributed by atoms with Crippen LogP contribution in [0.1, 0.15) is 37.8 Å². The van der Waals surface area contributed by atoms with Gasteiger partial charge in [-0.25, -0.2) is 17.1 Å². The standard InChI is InChI=1S/C23H29FN2O3S/c1-3-25(18-19-9-8-12-21(24)17-19)22(27)23(20-10-6-5-7-11-20)13-15-26(16-14-23)30(28,29)4-2/h5-12,17H,3-4,13-16,18H2,1-2H3. The third-order valence-electron chi connectivity index (χ3n) is 6.00. The van der Waals surface area contributed by atoms with Crippen molar-refractivity contribution in [2.75, 3.05) is 25.4 Å². The van der Waals surface area contributed by atoms with Crippen molar-refractivity contribution < 1.29 is 17.6 Å². The van der Waals surface area contributed by atoms with E-state index < -0.39 is 15.4 Å². The fourth-order valence-electron chi connectivity index (χ4n) is 4.20. The predicted octanol–water partition coefficient (Wildman–Crippen LogP) is 3.56. The predicted molar refractivity (Wildman–Crippen MR) is 116 cm³/mol. The van der Waals surface area contributed by atoms with Crippen LogP contribution >= 0.6 is 0 Å². The molecule has 1 aliphatic rings. The number of benzene rings is 2. The van der Waals surface area contributed by atoms with Crippen molar-refractivity contribution in [3.8, 4) is 0 Å². The van der Waals surface area contributed by atoms with Crippen LogP contribution in [0.15, 0.2) is 54.6 Å². The lowest BCUT2D eigenvalue weighted by Gasteiger charge is -2.43. The number of amides is 1. The Kier molecular flexibility index (Phi) is 6.93. The number of nitrogens with zero attached hydrogens (tertiary/aromatic N) is 2. The van der Waals surface area contributed by atoms with Gasteiger partial charge in [0.2, 0.25) is 15.9 Å². The molecule has 1 saturated heterocycles. The van der Waals surface area contributed by atoms with Gasteiger partial charge in [0.1, 0.15) is 5.82 Å². The van der Waals surface area contributed by atoms with E-state index in [0.717, 1.165) is 11.1 Å². The Morgan fingerprint density at radius 2 is 1.73 bits per heavy atom. The van der Waals surface area contributed by atoms with E-state index >= 15 is 0 Å². The van der Waals surface area contributed by atoms with Gasteiger partial charge in [-0.15, -0.1) is 0 Å². The van der Waals surface area contributed by atoms with E-state index in [2.05, 4.69) is 0 Å². The molecule has 162 valence electrons. The third kappa shape index (κ3) is 4.57. The van der Waals surface area contributed by atoms with E-state index in [1.54, 1.807) is 17.9 Å². The number of hydrogen-bond acceptors (Lipinski definition) is 3. The zero-order valence-corrected chi connectivity index (χ0v) is 18.4. The highest BCUT2D eigenvalue weighted by Crippen LogP contribution is 2.38. The van der Waals surface area contributed by atoms with E-state index in [1.165, 1.54) is 16.4 Å². The van der Waals surface area contributed by atoms with E-state index in [0.29, 0.717) is 39.0 Å². The molecule has 0 bridgehead atoms. The Morgan fingerprint density at radius 1 is 1.07 bits per heavy atom. The molecule has 5 nitrogen and oxygen atoms in total. The number of hydrogen-bond donors (Lipinski definition) is 0. The second-order valence-electron chi connectivity index (χ2n) is 7.70. The summed E-state index contributed by atoms with van der Waals surface area (Å²) in [6.07, 6.45) is 0.851. The van der Waals surface area contributed by atoms with Crippen LogP contribution in [-0.2, 0) is 26.8 Å². The fourth-order valence-corrected chi connectivity index (χ4v) is 5.30.